The molecule has 2 aromatic carbocycles. The van der Waals surface area contributed by atoms with E-state index >= 15 is 0 Å². The highest BCUT2D eigenvalue weighted by atomic mass is 32.2. The lowest BCUT2D eigenvalue weighted by Crippen LogP contribution is -2.52. The van der Waals surface area contributed by atoms with Gasteiger partial charge in [0.05, 0.1) is 26.2 Å². The quantitative estimate of drug-likeness (QED) is 0.436. The molecule has 0 aliphatic rings. The fraction of sp³-hybridized carbons (Fsp3) is 0.462. The van der Waals surface area contributed by atoms with Crippen LogP contribution >= 0.6 is 0 Å². The minimum Gasteiger partial charge on any atom is -0.497 e. The van der Waals surface area contributed by atoms with Crippen LogP contribution in [0.3, 0.4) is 0 Å². The molecule has 0 unspecified atom stereocenters. The van der Waals surface area contributed by atoms with E-state index in [0.29, 0.717) is 24.5 Å². The molecule has 10 heteroatoms. The lowest BCUT2D eigenvalue weighted by molar-refractivity contribution is -0.140. The molecule has 0 fully saturated rings. The average molecular weight is 520 g/mol. The van der Waals surface area contributed by atoms with Gasteiger partial charge in [0.1, 0.15) is 24.1 Å². The number of sulfonamides is 1. The van der Waals surface area contributed by atoms with Gasteiger partial charge in [-0.3, -0.25) is 13.9 Å². The maximum atomic E-state index is 13.7. The summed E-state index contributed by atoms with van der Waals surface area (Å²) in [6, 6.07) is 13.0. The van der Waals surface area contributed by atoms with Crippen molar-refractivity contribution in [3.8, 4) is 11.5 Å². The van der Waals surface area contributed by atoms with Gasteiger partial charge in [-0.1, -0.05) is 45.0 Å². The van der Waals surface area contributed by atoms with Crippen molar-refractivity contribution < 1.29 is 27.5 Å². The summed E-state index contributed by atoms with van der Waals surface area (Å²) in [6.45, 7) is 5.90. The zero-order chi connectivity index (χ0) is 26.9. The van der Waals surface area contributed by atoms with Gasteiger partial charge in [0.15, 0.2) is 0 Å². The normalized spacial score (nSPS) is 12.1. The van der Waals surface area contributed by atoms with E-state index in [4.69, 9.17) is 9.47 Å². The number of nitrogens with zero attached hydrogens (tertiary/aromatic N) is 2. The van der Waals surface area contributed by atoms with Crippen molar-refractivity contribution in [3.05, 3.63) is 54.1 Å². The molecule has 1 atom stereocenters. The number of amides is 2. The lowest BCUT2D eigenvalue weighted by atomic mass is 10.1. The maximum Gasteiger partial charge on any atom is 0.244 e. The van der Waals surface area contributed by atoms with Gasteiger partial charge in [0.2, 0.25) is 21.8 Å². The van der Waals surface area contributed by atoms with Gasteiger partial charge in [0, 0.05) is 13.1 Å². The van der Waals surface area contributed by atoms with Crippen molar-refractivity contribution in [1.82, 2.24) is 10.2 Å². The standard InChI is InChI=1S/C26H37N3O6S/c1-7-22(26(31)27-16-19(2)3)28(17-20-12-14-21(34-4)15-13-20)25(30)18-29(36(6,32)33)23-10-8-9-11-24(23)35-5/h8-15,19,22H,7,16-18H2,1-6H3,(H,27,31)/t22-/m1/s1. The fourth-order valence-corrected chi connectivity index (χ4v) is 4.55. The van der Waals surface area contributed by atoms with Crippen LogP contribution in [0.4, 0.5) is 5.69 Å². The van der Waals surface area contributed by atoms with Crippen molar-refractivity contribution >= 4 is 27.5 Å². The summed E-state index contributed by atoms with van der Waals surface area (Å²) >= 11 is 0. The molecule has 0 radical (unpaired) electrons. The van der Waals surface area contributed by atoms with Crippen LogP contribution in [-0.2, 0) is 26.2 Å². The third-order valence-corrected chi connectivity index (χ3v) is 6.74. The molecule has 0 bridgehead atoms. The lowest BCUT2D eigenvalue weighted by Gasteiger charge is -2.33. The number of hydrogen-bond acceptors (Lipinski definition) is 6. The van der Waals surface area contributed by atoms with Crippen LogP contribution in [-0.4, -0.2) is 64.7 Å². The second-order valence-corrected chi connectivity index (χ2v) is 10.8. The molecule has 2 aromatic rings. The summed E-state index contributed by atoms with van der Waals surface area (Å²) in [6.07, 6.45) is 1.40. The smallest absolute Gasteiger partial charge is 0.244 e. The van der Waals surface area contributed by atoms with Crippen molar-refractivity contribution in [2.24, 2.45) is 5.92 Å². The van der Waals surface area contributed by atoms with E-state index in [1.807, 2.05) is 32.9 Å². The highest BCUT2D eigenvalue weighted by Crippen LogP contribution is 2.29. The second-order valence-electron chi connectivity index (χ2n) is 8.87. The number of ether oxygens (including phenoxy) is 2. The monoisotopic (exact) mass is 519 g/mol. The number of para-hydroxylation sites is 2. The van der Waals surface area contributed by atoms with E-state index < -0.39 is 28.5 Å². The molecule has 0 spiro atoms. The second kappa shape index (κ2) is 13.2. The molecule has 0 heterocycles. The minimum atomic E-state index is -3.85. The highest BCUT2D eigenvalue weighted by Gasteiger charge is 2.32. The summed E-state index contributed by atoms with van der Waals surface area (Å²) in [7, 11) is -0.848. The molecule has 0 saturated carbocycles. The summed E-state index contributed by atoms with van der Waals surface area (Å²) in [5.41, 5.74) is 1.03. The average Bonchev–Trinajstić information content (AvgIpc) is 2.85. The first-order valence-electron chi connectivity index (χ1n) is 11.8. The van der Waals surface area contributed by atoms with Crippen LogP contribution in [0.2, 0.25) is 0 Å². The first-order valence-corrected chi connectivity index (χ1v) is 13.7. The number of rotatable bonds is 13. The van der Waals surface area contributed by atoms with Crippen molar-refractivity contribution in [3.63, 3.8) is 0 Å². The number of methoxy groups -OCH3 is 2. The van der Waals surface area contributed by atoms with Crippen LogP contribution in [0, 0.1) is 5.92 Å². The van der Waals surface area contributed by atoms with E-state index in [2.05, 4.69) is 5.32 Å². The van der Waals surface area contributed by atoms with Crippen LogP contribution in [0.25, 0.3) is 0 Å². The Morgan fingerprint density at radius 3 is 2.17 bits per heavy atom. The molecular weight excluding hydrogens is 482 g/mol. The third kappa shape index (κ3) is 7.87. The summed E-state index contributed by atoms with van der Waals surface area (Å²) < 4.78 is 37.0. The molecule has 198 valence electrons. The van der Waals surface area contributed by atoms with Gasteiger partial charge in [-0.05, 0) is 42.2 Å². The van der Waals surface area contributed by atoms with Crippen LogP contribution in [0.15, 0.2) is 48.5 Å². The van der Waals surface area contributed by atoms with Crippen LogP contribution in [0.1, 0.15) is 32.8 Å². The maximum absolute atomic E-state index is 13.7. The van der Waals surface area contributed by atoms with Gasteiger partial charge in [0.25, 0.3) is 0 Å². The largest absolute Gasteiger partial charge is 0.497 e. The van der Waals surface area contributed by atoms with Crippen molar-refractivity contribution in [2.75, 3.05) is 37.9 Å². The first-order chi connectivity index (χ1) is 17.0. The Kier molecular flexibility index (Phi) is 10.6. The Labute approximate surface area is 214 Å². The van der Waals surface area contributed by atoms with Crippen LogP contribution < -0.4 is 19.1 Å². The van der Waals surface area contributed by atoms with Crippen molar-refractivity contribution in [2.45, 2.75) is 39.8 Å². The zero-order valence-corrected chi connectivity index (χ0v) is 22.7. The molecule has 2 amide bonds. The van der Waals surface area contributed by atoms with Crippen LogP contribution in [0.5, 0.6) is 11.5 Å². The number of benzene rings is 2. The minimum absolute atomic E-state index is 0.125. The number of nitrogens with one attached hydrogen (secondary N) is 1. The topological polar surface area (TPSA) is 105 Å². The van der Waals surface area contributed by atoms with E-state index in [1.165, 1.54) is 12.0 Å². The predicted molar refractivity (Wildman–Crippen MR) is 141 cm³/mol. The Balaban J connectivity index is 2.45. The Bertz CT molecular complexity index is 1120. The molecule has 1 N–H and O–H groups in total. The van der Waals surface area contributed by atoms with Gasteiger partial charge in [-0.15, -0.1) is 0 Å². The molecule has 0 aliphatic heterocycles. The third-order valence-electron chi connectivity index (χ3n) is 5.62. The summed E-state index contributed by atoms with van der Waals surface area (Å²) in [5, 5.41) is 2.90. The van der Waals surface area contributed by atoms with Gasteiger partial charge < -0.3 is 19.7 Å². The highest BCUT2D eigenvalue weighted by molar-refractivity contribution is 7.92. The predicted octanol–water partition coefficient (Wildman–Crippen LogP) is 3.05. The van der Waals surface area contributed by atoms with Crippen molar-refractivity contribution in [1.29, 1.82) is 0 Å². The number of carbonyl (C=O) groups is 2. The summed E-state index contributed by atoms with van der Waals surface area (Å²) in [4.78, 5) is 28.2. The van der Waals surface area contributed by atoms with E-state index in [-0.39, 0.29) is 24.1 Å². The Morgan fingerprint density at radius 2 is 1.64 bits per heavy atom. The number of carbonyl (C=O) groups excluding carboxylic acids is 2. The SMILES string of the molecule is CC[C@H](C(=O)NCC(C)C)N(Cc1ccc(OC)cc1)C(=O)CN(c1ccccc1OC)S(C)(=O)=O. The van der Waals surface area contributed by atoms with E-state index in [0.717, 1.165) is 16.1 Å². The zero-order valence-electron chi connectivity index (χ0n) is 21.9. The van der Waals surface area contributed by atoms with E-state index in [9.17, 15) is 18.0 Å². The first kappa shape index (κ1) is 29.0. The molecular formula is C26H37N3O6S. The molecule has 0 aromatic heterocycles. The molecule has 2 rings (SSSR count). The number of hydrogen-bond donors (Lipinski definition) is 1. The Morgan fingerprint density at radius 1 is 1.00 bits per heavy atom. The van der Waals surface area contributed by atoms with Gasteiger partial charge in [-0.25, -0.2) is 8.42 Å². The molecule has 9 nitrogen and oxygen atoms in total. The summed E-state index contributed by atoms with van der Waals surface area (Å²) in [5.74, 6) is 0.435. The fourth-order valence-electron chi connectivity index (χ4n) is 3.70. The van der Waals surface area contributed by atoms with E-state index in [1.54, 1.807) is 43.5 Å². The molecule has 0 aliphatic carbocycles. The molecule has 36 heavy (non-hydrogen) atoms. The number of anilines is 1. The molecule has 0 saturated heterocycles. The Hall–Kier alpha value is -3.27. The van der Waals surface area contributed by atoms with Gasteiger partial charge >= 0.3 is 0 Å². The van der Waals surface area contributed by atoms with Gasteiger partial charge in [-0.2, -0.15) is 0 Å².